The fourth-order valence-corrected chi connectivity index (χ4v) is 2.62. The third-order valence-electron chi connectivity index (χ3n) is 2.58. The zero-order valence-electron chi connectivity index (χ0n) is 9.56. The highest BCUT2D eigenvalue weighted by atomic mass is 32.1. The van der Waals surface area contributed by atoms with Gasteiger partial charge in [0, 0.05) is 18.0 Å². The van der Waals surface area contributed by atoms with Crippen molar-refractivity contribution in [2.24, 2.45) is 0 Å². The maximum absolute atomic E-state index is 11.6. The van der Waals surface area contributed by atoms with Crippen LogP contribution in [0.4, 0.5) is 0 Å². The van der Waals surface area contributed by atoms with Crippen molar-refractivity contribution in [3.63, 3.8) is 0 Å². The van der Waals surface area contributed by atoms with E-state index < -0.39 is 0 Å². The molecule has 1 amide bonds. The van der Waals surface area contributed by atoms with E-state index in [0.29, 0.717) is 24.5 Å². The van der Waals surface area contributed by atoms with Gasteiger partial charge in [-0.15, -0.1) is 11.3 Å². The van der Waals surface area contributed by atoms with Gasteiger partial charge in [-0.05, 0) is 12.1 Å². The molecule has 2 heterocycles. The number of hydrogen-bond donors (Lipinski definition) is 1. The first kappa shape index (κ1) is 12.1. The van der Waals surface area contributed by atoms with Crippen molar-refractivity contribution in [3.8, 4) is 0 Å². The lowest BCUT2D eigenvalue weighted by atomic mass is 10.3. The van der Waals surface area contributed by atoms with Gasteiger partial charge in [0.25, 0.3) is 0 Å². The Labute approximate surface area is 103 Å². The lowest BCUT2D eigenvalue weighted by Gasteiger charge is -2.26. The molecule has 0 atom stereocenters. The molecule has 17 heavy (non-hydrogen) atoms. The normalized spacial score (nSPS) is 16.1. The molecule has 0 aromatic carbocycles. The van der Waals surface area contributed by atoms with Gasteiger partial charge in [0.05, 0.1) is 20.2 Å². The lowest BCUT2D eigenvalue weighted by Crippen LogP contribution is -2.47. The number of hydrogen-bond acceptors (Lipinski definition) is 5. The van der Waals surface area contributed by atoms with E-state index in [-0.39, 0.29) is 11.9 Å². The number of thiophene rings is 1. The van der Waals surface area contributed by atoms with Crippen LogP contribution in [0.5, 0.6) is 0 Å². The summed E-state index contributed by atoms with van der Waals surface area (Å²) in [5, 5.41) is 3.02. The molecule has 1 saturated heterocycles. The number of amides is 1. The predicted molar refractivity (Wildman–Crippen MR) is 63.9 cm³/mol. The Morgan fingerprint density at radius 1 is 1.59 bits per heavy atom. The number of methoxy groups -OCH3 is 1. The summed E-state index contributed by atoms with van der Waals surface area (Å²) in [7, 11) is 1.36. The molecule has 1 aliphatic heterocycles. The summed E-state index contributed by atoms with van der Waals surface area (Å²) in [6.45, 7) is 2.50. The second-order valence-corrected chi connectivity index (χ2v) is 4.92. The Kier molecular flexibility index (Phi) is 3.75. The highest BCUT2D eigenvalue weighted by molar-refractivity contribution is 7.13. The third-order valence-corrected chi connectivity index (χ3v) is 3.63. The average molecular weight is 254 g/mol. The molecule has 1 aliphatic rings. The first-order valence-corrected chi connectivity index (χ1v) is 6.18. The maximum Gasteiger partial charge on any atom is 0.348 e. The van der Waals surface area contributed by atoms with E-state index in [2.05, 4.69) is 10.1 Å². The van der Waals surface area contributed by atoms with Crippen LogP contribution in [0.3, 0.4) is 0 Å². The second kappa shape index (κ2) is 5.29. The SMILES string of the molecule is COC(=O)c1ccc(CN2CCNCC2=O)s1. The van der Waals surface area contributed by atoms with Crippen molar-refractivity contribution in [2.45, 2.75) is 6.54 Å². The molecule has 92 valence electrons. The maximum atomic E-state index is 11.6. The van der Waals surface area contributed by atoms with Gasteiger partial charge in [-0.2, -0.15) is 0 Å². The van der Waals surface area contributed by atoms with Crippen molar-refractivity contribution in [2.75, 3.05) is 26.7 Å². The number of esters is 1. The minimum Gasteiger partial charge on any atom is -0.465 e. The number of piperazine rings is 1. The lowest BCUT2D eigenvalue weighted by molar-refractivity contribution is -0.132. The summed E-state index contributed by atoms with van der Waals surface area (Å²) in [6, 6.07) is 3.60. The number of ether oxygens (including phenoxy) is 1. The summed E-state index contributed by atoms with van der Waals surface area (Å²) in [6.07, 6.45) is 0. The van der Waals surface area contributed by atoms with Crippen molar-refractivity contribution in [1.29, 1.82) is 0 Å². The number of carbonyl (C=O) groups is 2. The van der Waals surface area contributed by atoms with Crippen LogP contribution in [0.1, 0.15) is 14.5 Å². The zero-order valence-corrected chi connectivity index (χ0v) is 10.4. The smallest absolute Gasteiger partial charge is 0.348 e. The highest BCUT2D eigenvalue weighted by Crippen LogP contribution is 2.19. The van der Waals surface area contributed by atoms with E-state index in [1.165, 1.54) is 18.4 Å². The molecule has 0 aliphatic carbocycles. The van der Waals surface area contributed by atoms with Crippen LogP contribution in [0.25, 0.3) is 0 Å². The van der Waals surface area contributed by atoms with Gasteiger partial charge >= 0.3 is 5.97 Å². The molecule has 5 nitrogen and oxygen atoms in total. The van der Waals surface area contributed by atoms with Crippen LogP contribution >= 0.6 is 11.3 Å². The van der Waals surface area contributed by atoms with E-state index in [1.54, 1.807) is 11.0 Å². The first-order valence-electron chi connectivity index (χ1n) is 5.36. The van der Waals surface area contributed by atoms with Crippen LogP contribution in [0.2, 0.25) is 0 Å². The topological polar surface area (TPSA) is 58.6 Å². The summed E-state index contributed by atoms with van der Waals surface area (Å²) in [4.78, 5) is 26.2. The van der Waals surface area contributed by atoms with Crippen molar-refractivity contribution >= 4 is 23.2 Å². The van der Waals surface area contributed by atoms with Gasteiger partial charge in [-0.1, -0.05) is 0 Å². The fraction of sp³-hybridized carbons (Fsp3) is 0.455. The molecule has 1 aromatic heterocycles. The first-order chi connectivity index (χ1) is 8.20. The highest BCUT2D eigenvalue weighted by Gasteiger charge is 2.19. The minimum absolute atomic E-state index is 0.101. The molecular weight excluding hydrogens is 240 g/mol. The average Bonchev–Trinajstić information content (AvgIpc) is 2.80. The molecule has 1 N–H and O–H groups in total. The summed E-state index contributed by atoms with van der Waals surface area (Å²) in [5.74, 6) is -0.225. The van der Waals surface area contributed by atoms with Gasteiger partial charge in [0.1, 0.15) is 4.88 Å². The molecule has 2 rings (SSSR count). The zero-order chi connectivity index (χ0) is 12.3. The molecule has 1 aromatic rings. The molecule has 0 saturated carbocycles. The number of rotatable bonds is 3. The van der Waals surface area contributed by atoms with Crippen molar-refractivity contribution in [3.05, 3.63) is 21.9 Å². The van der Waals surface area contributed by atoms with Gasteiger partial charge in [0.15, 0.2) is 0 Å². The summed E-state index contributed by atoms with van der Waals surface area (Å²) in [5.41, 5.74) is 0. The van der Waals surface area contributed by atoms with E-state index in [4.69, 9.17) is 0 Å². The molecule has 0 unspecified atom stereocenters. The Hall–Kier alpha value is -1.40. The van der Waals surface area contributed by atoms with E-state index in [0.717, 1.165) is 11.4 Å². The molecule has 0 radical (unpaired) electrons. The Morgan fingerprint density at radius 2 is 2.41 bits per heavy atom. The summed E-state index contributed by atoms with van der Waals surface area (Å²) < 4.78 is 4.64. The van der Waals surface area contributed by atoms with E-state index >= 15 is 0 Å². The second-order valence-electron chi connectivity index (χ2n) is 3.75. The number of nitrogens with zero attached hydrogens (tertiary/aromatic N) is 1. The molecule has 1 fully saturated rings. The Balaban J connectivity index is 2.01. The van der Waals surface area contributed by atoms with E-state index in [1.807, 2.05) is 6.07 Å². The quantitative estimate of drug-likeness (QED) is 0.796. The summed E-state index contributed by atoms with van der Waals surface area (Å²) >= 11 is 1.37. The standard InChI is InChI=1S/C11H14N2O3S/c1-16-11(15)9-3-2-8(17-9)7-13-5-4-12-6-10(13)14/h2-3,12H,4-7H2,1H3. The number of carbonyl (C=O) groups excluding carboxylic acids is 2. The van der Waals surface area contributed by atoms with Crippen LogP contribution in [-0.2, 0) is 16.1 Å². The van der Waals surface area contributed by atoms with E-state index in [9.17, 15) is 9.59 Å². The molecular formula is C11H14N2O3S. The van der Waals surface area contributed by atoms with Gasteiger partial charge in [-0.25, -0.2) is 4.79 Å². The molecule has 0 bridgehead atoms. The van der Waals surface area contributed by atoms with Crippen LogP contribution in [0, 0.1) is 0 Å². The fourth-order valence-electron chi connectivity index (χ4n) is 1.67. The monoisotopic (exact) mass is 254 g/mol. The Bertz CT molecular complexity index is 430. The van der Waals surface area contributed by atoms with Gasteiger partial charge < -0.3 is 15.0 Å². The molecule has 0 spiro atoms. The van der Waals surface area contributed by atoms with Crippen molar-refractivity contribution in [1.82, 2.24) is 10.2 Å². The van der Waals surface area contributed by atoms with Crippen LogP contribution in [-0.4, -0.2) is 43.5 Å². The number of nitrogens with one attached hydrogen (secondary N) is 1. The van der Waals surface area contributed by atoms with Gasteiger partial charge in [0.2, 0.25) is 5.91 Å². The van der Waals surface area contributed by atoms with Gasteiger partial charge in [-0.3, -0.25) is 4.79 Å². The third kappa shape index (κ3) is 2.83. The predicted octanol–water partition coefficient (Wildman–Crippen LogP) is 0.467. The van der Waals surface area contributed by atoms with Crippen molar-refractivity contribution < 1.29 is 14.3 Å². The molecule has 6 heteroatoms. The van der Waals surface area contributed by atoms with Crippen LogP contribution in [0.15, 0.2) is 12.1 Å². The van der Waals surface area contributed by atoms with Crippen LogP contribution < -0.4 is 5.32 Å². The Morgan fingerprint density at radius 3 is 3.12 bits per heavy atom. The largest absolute Gasteiger partial charge is 0.465 e. The minimum atomic E-state index is -0.326.